The number of primary amides is 1. The van der Waals surface area contributed by atoms with E-state index in [0.29, 0.717) is 39.7 Å². The van der Waals surface area contributed by atoms with Crippen LogP contribution in [-0.2, 0) is 4.79 Å². The van der Waals surface area contributed by atoms with Gasteiger partial charge in [0.15, 0.2) is 0 Å². The maximum Gasteiger partial charge on any atom is 0.220 e. The number of nitrogens with zero attached hydrogens (tertiary/aromatic N) is 1. The van der Waals surface area contributed by atoms with Gasteiger partial charge in [-0.15, -0.1) is 0 Å². The Kier molecular flexibility index (Phi) is 6.30. The number of ether oxygens (including phenoxy) is 1. The van der Waals surface area contributed by atoms with Gasteiger partial charge in [0.2, 0.25) is 11.3 Å². The van der Waals surface area contributed by atoms with Gasteiger partial charge in [-0.25, -0.2) is 0 Å². The first-order valence-electron chi connectivity index (χ1n) is 10.4. The molecule has 1 saturated heterocycles. The number of benzene rings is 2. The molecule has 0 aliphatic carbocycles. The second-order valence-corrected chi connectivity index (χ2v) is 8.33. The van der Waals surface area contributed by atoms with Crippen LogP contribution in [-0.4, -0.2) is 37.0 Å². The molecule has 0 atom stereocenters. The molecule has 1 amide bonds. The summed E-state index contributed by atoms with van der Waals surface area (Å²) in [5, 5.41) is 1.13. The molecule has 162 valence electrons. The first kappa shape index (κ1) is 21.4. The van der Waals surface area contributed by atoms with Crippen LogP contribution in [0.5, 0.6) is 5.75 Å². The lowest BCUT2D eigenvalue weighted by Crippen LogP contribution is -2.40. The van der Waals surface area contributed by atoms with E-state index in [-0.39, 0.29) is 17.3 Å². The van der Waals surface area contributed by atoms with Crippen LogP contribution in [0.3, 0.4) is 0 Å². The molecule has 7 heteroatoms. The topological polar surface area (TPSA) is 85.8 Å². The summed E-state index contributed by atoms with van der Waals surface area (Å²) in [4.78, 5) is 26.6. The number of carbonyl (C=O) groups is 1. The summed E-state index contributed by atoms with van der Waals surface area (Å²) >= 11 is 5.96. The molecule has 4 rings (SSSR count). The van der Waals surface area contributed by atoms with Crippen molar-refractivity contribution in [3.63, 3.8) is 0 Å². The van der Waals surface area contributed by atoms with Crippen molar-refractivity contribution in [3.05, 3.63) is 63.5 Å². The lowest BCUT2D eigenvalue weighted by atomic mass is 9.96. The van der Waals surface area contributed by atoms with Crippen LogP contribution >= 0.6 is 11.6 Å². The SMILES string of the molecule is Cc1oc2cc(OCCN3CCC(C(N)=O)CC3)ccc2c(=O)c1-c1ccc(Cl)cc1. The van der Waals surface area contributed by atoms with Crippen molar-refractivity contribution in [2.24, 2.45) is 11.7 Å². The van der Waals surface area contributed by atoms with Gasteiger partial charge in [-0.05, 0) is 62.7 Å². The average molecular weight is 441 g/mol. The van der Waals surface area contributed by atoms with E-state index in [1.54, 1.807) is 37.3 Å². The molecule has 0 radical (unpaired) electrons. The molecule has 0 saturated carbocycles. The minimum absolute atomic E-state index is 0.0124. The zero-order valence-electron chi connectivity index (χ0n) is 17.4. The quantitative estimate of drug-likeness (QED) is 0.626. The normalized spacial score (nSPS) is 15.3. The van der Waals surface area contributed by atoms with Crippen LogP contribution in [0.2, 0.25) is 5.02 Å². The Hall–Kier alpha value is -2.83. The van der Waals surface area contributed by atoms with Crippen molar-refractivity contribution >= 4 is 28.5 Å². The van der Waals surface area contributed by atoms with Crippen molar-refractivity contribution in [1.29, 1.82) is 0 Å². The highest BCUT2D eigenvalue weighted by Crippen LogP contribution is 2.27. The van der Waals surface area contributed by atoms with Gasteiger partial charge in [0.25, 0.3) is 0 Å². The molecule has 2 aromatic carbocycles. The fourth-order valence-electron chi connectivity index (χ4n) is 4.06. The molecule has 3 aromatic rings. The second-order valence-electron chi connectivity index (χ2n) is 7.89. The molecular weight excluding hydrogens is 416 g/mol. The van der Waals surface area contributed by atoms with Gasteiger partial charge in [0.05, 0.1) is 10.9 Å². The van der Waals surface area contributed by atoms with Crippen LogP contribution in [0.4, 0.5) is 0 Å². The fraction of sp³-hybridized carbons (Fsp3) is 0.333. The van der Waals surface area contributed by atoms with Crippen molar-refractivity contribution in [3.8, 4) is 16.9 Å². The molecule has 6 nitrogen and oxygen atoms in total. The molecule has 1 aromatic heterocycles. The van der Waals surface area contributed by atoms with E-state index in [1.807, 2.05) is 12.1 Å². The molecule has 1 fully saturated rings. The zero-order chi connectivity index (χ0) is 22.0. The van der Waals surface area contributed by atoms with Gasteiger partial charge >= 0.3 is 0 Å². The number of halogens is 1. The van der Waals surface area contributed by atoms with E-state index in [9.17, 15) is 9.59 Å². The van der Waals surface area contributed by atoms with E-state index in [1.165, 1.54) is 0 Å². The van der Waals surface area contributed by atoms with E-state index < -0.39 is 0 Å². The Morgan fingerprint density at radius 1 is 1.19 bits per heavy atom. The van der Waals surface area contributed by atoms with Gasteiger partial charge in [0.1, 0.15) is 23.7 Å². The Morgan fingerprint density at radius 2 is 1.90 bits per heavy atom. The third kappa shape index (κ3) is 4.75. The summed E-state index contributed by atoms with van der Waals surface area (Å²) < 4.78 is 11.9. The molecule has 1 aliphatic heterocycles. The summed E-state index contributed by atoms with van der Waals surface area (Å²) in [7, 11) is 0. The summed E-state index contributed by atoms with van der Waals surface area (Å²) in [5.41, 5.74) is 7.12. The second kappa shape index (κ2) is 9.12. The summed E-state index contributed by atoms with van der Waals surface area (Å²) in [6.07, 6.45) is 1.59. The summed E-state index contributed by atoms with van der Waals surface area (Å²) in [6, 6.07) is 12.4. The first-order chi connectivity index (χ1) is 14.9. The number of carbonyl (C=O) groups excluding carboxylic acids is 1. The van der Waals surface area contributed by atoms with E-state index in [0.717, 1.165) is 38.0 Å². The van der Waals surface area contributed by atoms with Crippen LogP contribution in [0.15, 0.2) is 51.7 Å². The Bertz CT molecular complexity index is 1150. The number of piperidine rings is 1. The Labute approximate surface area is 185 Å². The Balaban J connectivity index is 1.45. The number of amides is 1. The molecule has 2 heterocycles. The van der Waals surface area contributed by atoms with Gasteiger partial charge in [-0.2, -0.15) is 0 Å². The third-order valence-electron chi connectivity index (χ3n) is 5.84. The molecule has 0 bridgehead atoms. The molecule has 1 aliphatic rings. The molecule has 2 N–H and O–H groups in total. The lowest BCUT2D eigenvalue weighted by molar-refractivity contribution is -0.123. The first-order valence-corrected chi connectivity index (χ1v) is 10.8. The van der Waals surface area contributed by atoms with E-state index in [2.05, 4.69) is 4.90 Å². The van der Waals surface area contributed by atoms with E-state index >= 15 is 0 Å². The van der Waals surface area contributed by atoms with Gasteiger partial charge in [0, 0.05) is 23.6 Å². The van der Waals surface area contributed by atoms with Crippen molar-refractivity contribution in [2.45, 2.75) is 19.8 Å². The molecular formula is C24H25ClN2O4. The largest absolute Gasteiger partial charge is 0.492 e. The van der Waals surface area contributed by atoms with Gasteiger partial charge in [-0.1, -0.05) is 23.7 Å². The lowest BCUT2D eigenvalue weighted by Gasteiger charge is -2.30. The highest BCUT2D eigenvalue weighted by atomic mass is 35.5. The van der Waals surface area contributed by atoms with E-state index in [4.69, 9.17) is 26.5 Å². The standard InChI is InChI=1S/C24H25ClN2O4/c1-15-22(16-2-4-18(25)5-3-16)23(28)20-7-6-19(14-21(20)31-15)30-13-12-27-10-8-17(9-11-27)24(26)29/h2-7,14,17H,8-13H2,1H3,(H2,26,29). The predicted octanol–water partition coefficient (Wildman–Crippen LogP) is 4.00. The number of nitrogens with two attached hydrogens (primary N) is 1. The number of aryl methyl sites for hydroxylation is 1. The number of rotatable bonds is 6. The maximum absolute atomic E-state index is 13.1. The van der Waals surface area contributed by atoms with Gasteiger partial charge in [-0.3, -0.25) is 14.5 Å². The van der Waals surface area contributed by atoms with Crippen LogP contribution < -0.4 is 15.9 Å². The zero-order valence-corrected chi connectivity index (χ0v) is 18.2. The highest BCUT2D eigenvalue weighted by Gasteiger charge is 2.22. The predicted molar refractivity (Wildman–Crippen MR) is 122 cm³/mol. The Morgan fingerprint density at radius 3 is 2.58 bits per heavy atom. The fourth-order valence-corrected chi connectivity index (χ4v) is 4.19. The molecule has 31 heavy (non-hydrogen) atoms. The van der Waals surface area contributed by atoms with Crippen LogP contribution in [0.1, 0.15) is 18.6 Å². The van der Waals surface area contributed by atoms with Crippen molar-refractivity contribution in [2.75, 3.05) is 26.2 Å². The highest BCUT2D eigenvalue weighted by molar-refractivity contribution is 6.30. The monoisotopic (exact) mass is 440 g/mol. The van der Waals surface area contributed by atoms with Gasteiger partial charge < -0.3 is 14.9 Å². The van der Waals surface area contributed by atoms with Crippen molar-refractivity contribution in [1.82, 2.24) is 4.90 Å². The maximum atomic E-state index is 13.1. The van der Waals surface area contributed by atoms with Crippen LogP contribution in [0.25, 0.3) is 22.1 Å². The third-order valence-corrected chi connectivity index (χ3v) is 6.09. The summed E-state index contributed by atoms with van der Waals surface area (Å²) in [6.45, 7) is 4.75. The minimum atomic E-state index is -0.205. The number of likely N-dealkylation sites (tertiary alicyclic amines) is 1. The smallest absolute Gasteiger partial charge is 0.220 e. The number of hydrogen-bond donors (Lipinski definition) is 1. The minimum Gasteiger partial charge on any atom is -0.492 e. The molecule has 0 unspecified atom stereocenters. The van der Waals surface area contributed by atoms with Crippen molar-refractivity contribution < 1.29 is 13.9 Å². The number of hydrogen-bond acceptors (Lipinski definition) is 5. The van der Waals surface area contributed by atoms with Crippen LogP contribution in [0, 0.1) is 12.8 Å². The molecule has 0 spiro atoms. The summed E-state index contributed by atoms with van der Waals surface area (Å²) in [5.74, 6) is 0.986. The average Bonchev–Trinajstić information content (AvgIpc) is 2.75. The number of fused-ring (bicyclic) bond motifs is 1.